The molecule has 0 aliphatic heterocycles. The van der Waals surface area contributed by atoms with Gasteiger partial charge in [0.25, 0.3) is 7.82 Å². The third-order valence-corrected chi connectivity index (χ3v) is 15.2. The van der Waals surface area contributed by atoms with Crippen LogP contribution in [0.25, 0.3) is 0 Å². The average molecular weight is 1050 g/mol. The summed E-state index contributed by atoms with van der Waals surface area (Å²) in [5, 5.41) is 13.9. The fraction of sp³-hybridized carbons (Fsp3) is 0.859. The van der Waals surface area contributed by atoms with E-state index < -0.39 is 26.6 Å². The lowest BCUT2D eigenvalue weighted by Gasteiger charge is -2.29. The molecule has 9 heteroatoms. The number of carbonyl (C=O) groups is 1. The second kappa shape index (κ2) is 55.2. The molecule has 73 heavy (non-hydrogen) atoms. The molecule has 3 atom stereocenters. The first-order chi connectivity index (χ1) is 35.5. The number of phosphoric acid groups is 1. The van der Waals surface area contributed by atoms with Gasteiger partial charge in [-0.1, -0.05) is 281 Å². The van der Waals surface area contributed by atoms with E-state index in [-0.39, 0.29) is 12.5 Å². The smallest absolute Gasteiger partial charge is 0.268 e. The summed E-state index contributed by atoms with van der Waals surface area (Å²) in [7, 11) is 1.25. The number of amides is 1. The molecular weight excluding hydrogens is 924 g/mol. The number of allylic oxidation sites excluding steroid dienone is 7. The minimum Gasteiger partial charge on any atom is -0.756 e. The maximum Gasteiger partial charge on any atom is 0.268 e. The van der Waals surface area contributed by atoms with Gasteiger partial charge >= 0.3 is 0 Å². The van der Waals surface area contributed by atoms with Gasteiger partial charge in [-0.25, -0.2) is 0 Å². The first kappa shape index (κ1) is 71.5. The molecule has 1 amide bonds. The van der Waals surface area contributed by atoms with Gasteiger partial charge in [-0.15, -0.1) is 0 Å². The topological polar surface area (TPSA) is 108 Å². The molecule has 0 rings (SSSR count). The quantitative estimate of drug-likeness (QED) is 0.0272. The summed E-state index contributed by atoms with van der Waals surface area (Å²) < 4.78 is 23.4. The SMILES string of the molecule is CCCCCCC/C=C\C/C=C\CCCCCCCCCCCCCCCCCCCCCCCC(=O)NC(COP(=O)([O-])OCC[N+](C)(C)C)C(O)/C=C/CC/C=C/CCCCCCCCCCCCCC. The molecule has 430 valence electrons. The van der Waals surface area contributed by atoms with E-state index in [1.165, 1.54) is 238 Å². The van der Waals surface area contributed by atoms with Gasteiger partial charge in [-0.3, -0.25) is 9.36 Å². The molecule has 0 aromatic carbocycles. The number of nitrogens with one attached hydrogen (secondary N) is 1. The van der Waals surface area contributed by atoms with Crippen LogP contribution in [0.5, 0.6) is 0 Å². The average Bonchev–Trinajstić information content (AvgIpc) is 3.35. The maximum absolute atomic E-state index is 13.0. The number of nitrogens with zero attached hydrogens (tertiary/aromatic N) is 1. The van der Waals surface area contributed by atoms with E-state index in [2.05, 4.69) is 55.6 Å². The zero-order valence-corrected chi connectivity index (χ0v) is 50.0. The van der Waals surface area contributed by atoms with Crippen LogP contribution in [0.3, 0.4) is 0 Å². The third kappa shape index (κ3) is 58.0. The molecule has 0 saturated carbocycles. The van der Waals surface area contributed by atoms with Crippen LogP contribution in [0.15, 0.2) is 48.6 Å². The van der Waals surface area contributed by atoms with Crippen LogP contribution >= 0.6 is 7.82 Å². The van der Waals surface area contributed by atoms with E-state index in [4.69, 9.17) is 9.05 Å². The van der Waals surface area contributed by atoms with Gasteiger partial charge in [-0.05, 0) is 64.2 Å². The normalized spacial score (nSPS) is 14.1. The highest BCUT2D eigenvalue weighted by molar-refractivity contribution is 7.45. The predicted molar refractivity (Wildman–Crippen MR) is 316 cm³/mol. The molecule has 3 unspecified atom stereocenters. The van der Waals surface area contributed by atoms with Crippen molar-refractivity contribution < 1.29 is 32.9 Å². The molecule has 8 nitrogen and oxygen atoms in total. The number of hydrogen-bond acceptors (Lipinski definition) is 6. The van der Waals surface area contributed by atoms with Gasteiger partial charge in [0.2, 0.25) is 5.91 Å². The Hall–Kier alpha value is -1.54. The Morgan fingerprint density at radius 2 is 0.808 bits per heavy atom. The van der Waals surface area contributed by atoms with Crippen molar-refractivity contribution in [2.75, 3.05) is 40.9 Å². The first-order valence-electron chi connectivity index (χ1n) is 31.5. The van der Waals surface area contributed by atoms with Crippen molar-refractivity contribution in [1.82, 2.24) is 5.32 Å². The van der Waals surface area contributed by atoms with Crippen LogP contribution < -0.4 is 10.2 Å². The molecule has 2 N–H and O–H groups in total. The van der Waals surface area contributed by atoms with Gasteiger partial charge in [0.15, 0.2) is 0 Å². The standard InChI is InChI=1S/C64H123N2O6P/c1-6-8-10-12-14-16-18-20-22-24-26-27-28-29-30-31-32-33-34-35-36-37-38-39-40-42-44-46-48-50-52-54-56-58-64(68)65-62(61-72-73(69,70)71-60-59-66(3,4)5)63(67)57-55-53-51-49-47-45-43-41-25-23-21-19-17-15-13-11-9-7-2/h18,20,24,26,47,49,55,57,62-63,67H,6-17,19,21-23,25,27-46,48,50-54,56,58-61H2,1-5H3,(H-,65,68,69,70)/b20-18-,26-24-,49-47+,57-55+. The van der Waals surface area contributed by atoms with E-state index in [9.17, 15) is 19.4 Å². The molecule has 0 aliphatic carbocycles. The summed E-state index contributed by atoms with van der Waals surface area (Å²) in [6, 6.07) is -0.903. The van der Waals surface area contributed by atoms with Gasteiger partial charge in [0, 0.05) is 6.42 Å². The van der Waals surface area contributed by atoms with Crippen LogP contribution in [0.4, 0.5) is 0 Å². The number of unbranched alkanes of at least 4 members (excludes halogenated alkanes) is 39. The zero-order chi connectivity index (χ0) is 53.5. The summed E-state index contributed by atoms with van der Waals surface area (Å²) in [6.07, 6.45) is 73.6. The second-order valence-corrected chi connectivity index (χ2v) is 24.2. The summed E-state index contributed by atoms with van der Waals surface area (Å²) in [4.78, 5) is 25.5. The largest absolute Gasteiger partial charge is 0.756 e. The maximum atomic E-state index is 13.0. The highest BCUT2D eigenvalue weighted by atomic mass is 31.2. The monoisotopic (exact) mass is 1050 g/mol. The fourth-order valence-electron chi connectivity index (χ4n) is 9.32. The molecule has 0 fully saturated rings. The number of hydrogen-bond donors (Lipinski definition) is 2. The first-order valence-corrected chi connectivity index (χ1v) is 33.0. The number of quaternary nitrogens is 1. The number of aliphatic hydroxyl groups is 1. The van der Waals surface area contributed by atoms with Gasteiger partial charge in [-0.2, -0.15) is 0 Å². The molecule has 0 spiro atoms. The summed E-state index contributed by atoms with van der Waals surface area (Å²) in [5.41, 5.74) is 0. The summed E-state index contributed by atoms with van der Waals surface area (Å²) >= 11 is 0. The Morgan fingerprint density at radius 3 is 1.19 bits per heavy atom. The Kier molecular flexibility index (Phi) is 54.1. The van der Waals surface area contributed by atoms with E-state index in [0.29, 0.717) is 17.4 Å². The van der Waals surface area contributed by atoms with Crippen molar-refractivity contribution in [3.05, 3.63) is 48.6 Å². The van der Waals surface area contributed by atoms with Gasteiger partial charge in [0.1, 0.15) is 13.2 Å². The lowest BCUT2D eigenvalue weighted by Crippen LogP contribution is -2.45. The van der Waals surface area contributed by atoms with Crippen LogP contribution in [-0.2, 0) is 18.4 Å². The van der Waals surface area contributed by atoms with E-state index >= 15 is 0 Å². The summed E-state index contributed by atoms with van der Waals surface area (Å²) in [6.45, 7) is 4.65. The molecule has 0 aliphatic rings. The zero-order valence-electron chi connectivity index (χ0n) is 49.1. The minimum atomic E-state index is -4.61. The van der Waals surface area contributed by atoms with Crippen LogP contribution in [0.1, 0.15) is 303 Å². The van der Waals surface area contributed by atoms with Crippen molar-refractivity contribution >= 4 is 13.7 Å². The second-order valence-electron chi connectivity index (χ2n) is 22.8. The highest BCUT2D eigenvalue weighted by Gasteiger charge is 2.23. The summed E-state index contributed by atoms with van der Waals surface area (Å²) in [5.74, 6) is -0.203. The lowest BCUT2D eigenvalue weighted by molar-refractivity contribution is -0.870. The van der Waals surface area contributed by atoms with Crippen molar-refractivity contribution in [1.29, 1.82) is 0 Å². The van der Waals surface area contributed by atoms with Crippen molar-refractivity contribution in [2.24, 2.45) is 0 Å². The molecular formula is C64H123N2O6P. The number of aliphatic hydroxyl groups excluding tert-OH is 1. The molecule has 0 aromatic rings. The van der Waals surface area contributed by atoms with Crippen LogP contribution in [0.2, 0.25) is 0 Å². The highest BCUT2D eigenvalue weighted by Crippen LogP contribution is 2.38. The number of phosphoric ester groups is 1. The van der Waals surface area contributed by atoms with Gasteiger partial charge < -0.3 is 28.8 Å². The Bertz CT molecular complexity index is 1330. The fourth-order valence-corrected chi connectivity index (χ4v) is 10.0. The molecule has 0 radical (unpaired) electrons. The third-order valence-electron chi connectivity index (χ3n) is 14.3. The predicted octanol–water partition coefficient (Wildman–Crippen LogP) is 18.9. The molecule has 0 saturated heterocycles. The Labute approximate surface area is 454 Å². The van der Waals surface area contributed by atoms with Crippen LogP contribution in [0, 0.1) is 0 Å². The van der Waals surface area contributed by atoms with Crippen LogP contribution in [-0.4, -0.2) is 68.5 Å². The number of likely N-dealkylation sites (N-methyl/N-ethyl adjacent to an activating group) is 1. The Balaban J connectivity index is 4.06. The van der Waals surface area contributed by atoms with Crippen molar-refractivity contribution in [3.8, 4) is 0 Å². The van der Waals surface area contributed by atoms with Crippen molar-refractivity contribution in [3.63, 3.8) is 0 Å². The molecule has 0 aromatic heterocycles. The lowest BCUT2D eigenvalue weighted by atomic mass is 10.0. The van der Waals surface area contributed by atoms with Crippen molar-refractivity contribution in [2.45, 2.75) is 315 Å². The molecule has 0 heterocycles. The minimum absolute atomic E-state index is 0.00540. The van der Waals surface area contributed by atoms with E-state index in [1.807, 2.05) is 27.2 Å². The van der Waals surface area contributed by atoms with E-state index in [0.717, 1.165) is 44.9 Å². The number of rotatable bonds is 58. The van der Waals surface area contributed by atoms with Gasteiger partial charge in [0.05, 0.1) is 39.9 Å². The Morgan fingerprint density at radius 1 is 0.479 bits per heavy atom. The number of carbonyl (C=O) groups excluding carboxylic acids is 1. The molecule has 0 bridgehead atoms. The van der Waals surface area contributed by atoms with E-state index in [1.54, 1.807) is 6.08 Å².